The van der Waals surface area contributed by atoms with E-state index >= 15 is 0 Å². The summed E-state index contributed by atoms with van der Waals surface area (Å²) in [5, 5.41) is 0. The Morgan fingerprint density at radius 3 is 0.767 bits per heavy atom. The van der Waals surface area contributed by atoms with Crippen LogP contribution in [-0.4, -0.2) is 0 Å². The summed E-state index contributed by atoms with van der Waals surface area (Å²) in [7, 11) is 0. The highest BCUT2D eigenvalue weighted by molar-refractivity contribution is 4.59. The van der Waals surface area contributed by atoms with Crippen LogP contribution in [0.3, 0.4) is 0 Å². The van der Waals surface area contributed by atoms with Crippen molar-refractivity contribution in [3.05, 3.63) is 0 Å². The van der Waals surface area contributed by atoms with E-state index in [1.54, 1.807) is 0 Å². The van der Waals surface area contributed by atoms with E-state index in [1.807, 2.05) is 0 Å². The Morgan fingerprint density at radius 2 is 0.533 bits per heavy atom. The van der Waals surface area contributed by atoms with Crippen molar-refractivity contribution in [1.29, 1.82) is 0 Å². The highest BCUT2D eigenvalue weighted by atomic mass is 14.1. The molecule has 0 amide bonds. The van der Waals surface area contributed by atoms with Crippen molar-refractivity contribution in [1.82, 2.24) is 0 Å². The summed E-state index contributed by atoms with van der Waals surface area (Å²) < 4.78 is 0. The van der Waals surface area contributed by atoms with Gasteiger partial charge in [-0.05, 0) is 5.92 Å². The van der Waals surface area contributed by atoms with Gasteiger partial charge < -0.3 is 0 Å². The predicted octanol–water partition coefficient (Wildman–Crippen LogP) is 11.8. The highest BCUT2D eigenvalue weighted by Gasteiger charge is 2.06. The molecular formula is C30H62. The molecule has 0 aliphatic carbocycles. The molecule has 0 aromatic heterocycles. The first-order valence-corrected chi connectivity index (χ1v) is 14.8. The monoisotopic (exact) mass is 422 g/mol. The smallest absolute Gasteiger partial charge is 0.0417 e. The van der Waals surface area contributed by atoms with E-state index in [-0.39, 0.29) is 0 Å². The van der Waals surface area contributed by atoms with E-state index in [0.29, 0.717) is 0 Å². The fraction of sp³-hybridized carbons (Fsp3) is 1.00. The summed E-state index contributed by atoms with van der Waals surface area (Å²) in [5.41, 5.74) is 0. The summed E-state index contributed by atoms with van der Waals surface area (Å²) in [4.78, 5) is 0. The van der Waals surface area contributed by atoms with Crippen LogP contribution in [0.4, 0.5) is 0 Å². The first-order chi connectivity index (χ1) is 14.8. The largest absolute Gasteiger partial charge is 0.0654 e. The number of hydrogen-bond donors (Lipinski definition) is 0. The lowest BCUT2D eigenvalue weighted by Gasteiger charge is -2.14. The molecule has 0 saturated carbocycles. The molecule has 1 atom stereocenters. The van der Waals surface area contributed by atoms with Gasteiger partial charge in [-0.25, -0.2) is 0 Å². The average molecular weight is 423 g/mol. The maximum atomic E-state index is 2.42. The van der Waals surface area contributed by atoms with Crippen LogP contribution in [0, 0.1) is 5.92 Å². The van der Waals surface area contributed by atoms with Crippen molar-refractivity contribution in [3.63, 3.8) is 0 Å². The molecule has 0 fully saturated rings. The van der Waals surface area contributed by atoms with Gasteiger partial charge in [-0.3, -0.25) is 0 Å². The second kappa shape index (κ2) is 27.0. The third-order valence-electron chi connectivity index (χ3n) is 7.26. The van der Waals surface area contributed by atoms with Gasteiger partial charge in [0.1, 0.15) is 0 Å². The van der Waals surface area contributed by atoms with Gasteiger partial charge in [0.05, 0.1) is 0 Å². The second-order valence-corrected chi connectivity index (χ2v) is 10.3. The van der Waals surface area contributed by atoms with E-state index < -0.39 is 0 Å². The molecule has 0 radical (unpaired) electrons. The van der Waals surface area contributed by atoms with Gasteiger partial charge in [-0.1, -0.05) is 188 Å². The lowest BCUT2D eigenvalue weighted by Crippen LogP contribution is -1.99. The van der Waals surface area contributed by atoms with E-state index in [0.717, 1.165) is 5.92 Å². The minimum Gasteiger partial charge on any atom is -0.0654 e. The van der Waals surface area contributed by atoms with E-state index in [1.165, 1.54) is 167 Å². The van der Waals surface area contributed by atoms with Crippen LogP contribution in [0.2, 0.25) is 0 Å². The van der Waals surface area contributed by atoms with Crippen molar-refractivity contribution in [2.45, 2.75) is 188 Å². The Morgan fingerprint density at radius 1 is 0.300 bits per heavy atom. The van der Waals surface area contributed by atoms with Gasteiger partial charge in [0.25, 0.3) is 0 Å². The third kappa shape index (κ3) is 24.3. The van der Waals surface area contributed by atoms with Gasteiger partial charge in [0.15, 0.2) is 0 Å². The Bertz CT molecular complexity index is 282. The van der Waals surface area contributed by atoms with Crippen molar-refractivity contribution in [3.8, 4) is 0 Å². The van der Waals surface area contributed by atoms with Crippen LogP contribution >= 0.6 is 0 Å². The molecule has 0 nitrogen and oxygen atoms in total. The molecule has 0 heteroatoms. The van der Waals surface area contributed by atoms with Crippen LogP contribution in [0.1, 0.15) is 188 Å². The first-order valence-electron chi connectivity index (χ1n) is 14.8. The number of hydrogen-bond acceptors (Lipinski definition) is 0. The second-order valence-electron chi connectivity index (χ2n) is 10.3. The molecule has 0 bridgehead atoms. The maximum absolute atomic E-state index is 2.42. The SMILES string of the molecule is CCCCCCCCCCCCCCCC(CC)CCCCCCCCCCCC. The molecule has 0 aliphatic heterocycles. The molecule has 0 rings (SSSR count). The van der Waals surface area contributed by atoms with Crippen LogP contribution in [0.5, 0.6) is 0 Å². The standard InChI is InChI=1S/C30H62/c1-4-7-9-11-13-15-17-18-19-21-23-25-27-29-30(6-3)28-26-24-22-20-16-14-12-10-8-5-2/h30H,4-29H2,1-3H3. The zero-order valence-corrected chi connectivity index (χ0v) is 22.0. The summed E-state index contributed by atoms with van der Waals surface area (Å²) in [6.07, 6.45) is 38.3. The number of unbranched alkanes of at least 4 members (excludes halogenated alkanes) is 21. The Hall–Kier alpha value is 0. The van der Waals surface area contributed by atoms with Crippen LogP contribution in [0.15, 0.2) is 0 Å². The zero-order valence-electron chi connectivity index (χ0n) is 22.0. The minimum atomic E-state index is 1.02. The highest BCUT2D eigenvalue weighted by Crippen LogP contribution is 2.22. The van der Waals surface area contributed by atoms with Crippen molar-refractivity contribution in [2.24, 2.45) is 5.92 Å². The van der Waals surface area contributed by atoms with Crippen molar-refractivity contribution >= 4 is 0 Å². The van der Waals surface area contributed by atoms with E-state index in [4.69, 9.17) is 0 Å². The third-order valence-corrected chi connectivity index (χ3v) is 7.26. The first kappa shape index (κ1) is 30.0. The van der Waals surface area contributed by atoms with Crippen molar-refractivity contribution < 1.29 is 0 Å². The van der Waals surface area contributed by atoms with E-state index in [9.17, 15) is 0 Å². The van der Waals surface area contributed by atoms with Crippen LogP contribution < -0.4 is 0 Å². The van der Waals surface area contributed by atoms with Gasteiger partial charge >= 0.3 is 0 Å². The predicted molar refractivity (Wildman–Crippen MR) is 141 cm³/mol. The molecule has 182 valence electrons. The van der Waals surface area contributed by atoms with Crippen LogP contribution in [0.25, 0.3) is 0 Å². The lowest BCUT2D eigenvalue weighted by molar-refractivity contribution is 0.392. The normalized spacial score (nSPS) is 12.5. The molecule has 1 unspecified atom stereocenters. The van der Waals surface area contributed by atoms with Crippen molar-refractivity contribution in [2.75, 3.05) is 0 Å². The Labute approximate surface area is 193 Å². The summed E-state index contributed by atoms with van der Waals surface area (Å²) in [6.45, 7) is 7.03. The van der Waals surface area contributed by atoms with Gasteiger partial charge in [-0.15, -0.1) is 0 Å². The molecule has 0 aromatic carbocycles. The number of rotatable bonds is 26. The van der Waals surface area contributed by atoms with Crippen LogP contribution in [-0.2, 0) is 0 Å². The molecule has 0 aromatic rings. The Balaban J connectivity index is 3.26. The summed E-state index contributed by atoms with van der Waals surface area (Å²) in [6, 6.07) is 0. The fourth-order valence-electron chi connectivity index (χ4n) is 4.92. The maximum Gasteiger partial charge on any atom is -0.0417 e. The summed E-state index contributed by atoms with van der Waals surface area (Å²) in [5.74, 6) is 1.02. The topological polar surface area (TPSA) is 0 Å². The molecule has 0 spiro atoms. The van der Waals surface area contributed by atoms with Gasteiger partial charge in [0, 0.05) is 0 Å². The molecule has 0 N–H and O–H groups in total. The van der Waals surface area contributed by atoms with Gasteiger partial charge in [-0.2, -0.15) is 0 Å². The van der Waals surface area contributed by atoms with E-state index in [2.05, 4.69) is 20.8 Å². The van der Waals surface area contributed by atoms with Gasteiger partial charge in [0.2, 0.25) is 0 Å². The quantitative estimate of drug-likeness (QED) is 0.122. The molecule has 0 aliphatic rings. The average Bonchev–Trinajstić information content (AvgIpc) is 2.76. The Kier molecular flexibility index (Phi) is 27.0. The molecule has 0 heterocycles. The zero-order chi connectivity index (χ0) is 22.0. The summed E-state index contributed by atoms with van der Waals surface area (Å²) >= 11 is 0. The molecule has 0 saturated heterocycles. The minimum absolute atomic E-state index is 1.02. The molecule has 30 heavy (non-hydrogen) atoms. The molecular weight excluding hydrogens is 360 g/mol. The fourth-order valence-corrected chi connectivity index (χ4v) is 4.92. The lowest BCUT2D eigenvalue weighted by atomic mass is 9.92.